The Morgan fingerprint density at radius 2 is 1.83 bits per heavy atom. The van der Waals surface area contributed by atoms with E-state index >= 15 is 0 Å². The average Bonchev–Trinajstić information content (AvgIpc) is 3.10. The van der Waals surface area contributed by atoms with Crippen molar-refractivity contribution in [1.29, 1.82) is 0 Å². The van der Waals surface area contributed by atoms with Crippen molar-refractivity contribution in [3.8, 4) is 0 Å². The number of carbonyl (C=O) groups is 1. The second-order valence-electron chi connectivity index (χ2n) is 5.15. The molecule has 2 unspecified atom stereocenters. The maximum atomic E-state index is 12.3. The number of carboxylic acid groups (broad SMARTS) is 1. The van der Waals surface area contributed by atoms with Gasteiger partial charge in [0.25, 0.3) is 0 Å². The third kappa shape index (κ3) is 1.92. The fourth-order valence-corrected chi connectivity index (χ4v) is 4.12. The van der Waals surface area contributed by atoms with Gasteiger partial charge < -0.3 is 5.11 Å². The minimum Gasteiger partial charge on any atom is -0.480 e. The van der Waals surface area contributed by atoms with Gasteiger partial charge in [0, 0.05) is 5.92 Å². The summed E-state index contributed by atoms with van der Waals surface area (Å²) in [5.41, 5.74) is 0.965. The number of aliphatic carboxylic acids is 1. The van der Waals surface area contributed by atoms with Crippen molar-refractivity contribution in [3.63, 3.8) is 0 Å². The number of sulfone groups is 1. The van der Waals surface area contributed by atoms with Gasteiger partial charge in [-0.25, -0.2) is 8.42 Å². The second kappa shape index (κ2) is 4.09. The minimum atomic E-state index is -3.66. The molecule has 1 aliphatic rings. The fourth-order valence-electron chi connectivity index (χ4n) is 2.07. The lowest BCUT2D eigenvalue weighted by Gasteiger charge is -2.19. The second-order valence-corrected chi connectivity index (χ2v) is 7.87. The van der Waals surface area contributed by atoms with Crippen molar-refractivity contribution < 1.29 is 18.3 Å². The summed E-state index contributed by atoms with van der Waals surface area (Å²) in [4.78, 5) is 11.1. The predicted molar refractivity (Wildman–Crippen MR) is 68.2 cm³/mol. The Hall–Kier alpha value is -1.36. The molecule has 0 bridgehead atoms. The third-order valence-corrected chi connectivity index (χ3v) is 6.50. The number of hydrogen-bond donors (Lipinski definition) is 1. The lowest BCUT2D eigenvalue weighted by molar-refractivity contribution is -0.139. The van der Waals surface area contributed by atoms with Gasteiger partial charge in [0.15, 0.2) is 14.6 Å². The van der Waals surface area contributed by atoms with E-state index in [2.05, 4.69) is 0 Å². The standard InChI is InChI=1S/C13H16O4S/c1-13(2,12(14)15)18(16,17)11-8-10(11)9-6-4-3-5-7-9/h3-7,10-11H,8H2,1-2H3,(H,14,15). The Morgan fingerprint density at radius 1 is 1.28 bits per heavy atom. The van der Waals surface area contributed by atoms with Crippen LogP contribution in [0.2, 0.25) is 0 Å². The largest absolute Gasteiger partial charge is 0.480 e. The molecule has 1 N–H and O–H groups in total. The minimum absolute atomic E-state index is 0.0603. The molecule has 5 heteroatoms. The molecule has 0 radical (unpaired) electrons. The van der Waals surface area contributed by atoms with Crippen molar-refractivity contribution >= 4 is 15.8 Å². The van der Waals surface area contributed by atoms with E-state index in [1.165, 1.54) is 13.8 Å². The molecule has 1 aromatic rings. The zero-order valence-corrected chi connectivity index (χ0v) is 11.1. The summed E-state index contributed by atoms with van der Waals surface area (Å²) in [5, 5.41) is 8.47. The average molecular weight is 268 g/mol. The van der Waals surface area contributed by atoms with Crippen LogP contribution in [0, 0.1) is 0 Å². The SMILES string of the molecule is CC(C)(C(=O)O)S(=O)(=O)C1CC1c1ccccc1. The van der Waals surface area contributed by atoms with Crippen LogP contribution >= 0.6 is 0 Å². The smallest absolute Gasteiger partial charge is 0.324 e. The molecule has 2 rings (SSSR count). The van der Waals surface area contributed by atoms with Gasteiger partial charge in [-0.2, -0.15) is 0 Å². The van der Waals surface area contributed by atoms with Crippen LogP contribution in [0.3, 0.4) is 0 Å². The monoisotopic (exact) mass is 268 g/mol. The van der Waals surface area contributed by atoms with Crippen LogP contribution in [-0.4, -0.2) is 29.5 Å². The van der Waals surface area contributed by atoms with E-state index in [1.807, 2.05) is 30.3 Å². The first kappa shape index (κ1) is 13.1. The van der Waals surface area contributed by atoms with Gasteiger partial charge >= 0.3 is 5.97 Å². The van der Waals surface area contributed by atoms with E-state index < -0.39 is 25.8 Å². The van der Waals surface area contributed by atoms with Crippen LogP contribution in [0.5, 0.6) is 0 Å². The molecular weight excluding hydrogens is 252 g/mol. The predicted octanol–water partition coefficient (Wildman–Crippen LogP) is 1.82. The van der Waals surface area contributed by atoms with Crippen molar-refractivity contribution in [1.82, 2.24) is 0 Å². The van der Waals surface area contributed by atoms with Crippen LogP contribution in [0.25, 0.3) is 0 Å². The van der Waals surface area contributed by atoms with Crippen LogP contribution in [0.4, 0.5) is 0 Å². The van der Waals surface area contributed by atoms with E-state index in [-0.39, 0.29) is 5.92 Å². The van der Waals surface area contributed by atoms with Crippen molar-refractivity contribution in [2.75, 3.05) is 0 Å². The van der Waals surface area contributed by atoms with Gasteiger partial charge in [0.1, 0.15) is 0 Å². The van der Waals surface area contributed by atoms with Crippen molar-refractivity contribution in [2.45, 2.75) is 36.2 Å². The first-order valence-corrected chi connectivity index (χ1v) is 7.35. The summed E-state index contributed by atoms with van der Waals surface area (Å²) in [7, 11) is -3.66. The fraction of sp³-hybridized carbons (Fsp3) is 0.462. The van der Waals surface area contributed by atoms with Crippen LogP contribution in [0.1, 0.15) is 31.7 Å². The first-order chi connectivity index (χ1) is 8.28. The van der Waals surface area contributed by atoms with Crippen LogP contribution < -0.4 is 0 Å². The molecule has 1 aliphatic carbocycles. The molecule has 0 spiro atoms. The number of rotatable bonds is 4. The molecule has 4 nitrogen and oxygen atoms in total. The van der Waals surface area contributed by atoms with E-state index in [0.29, 0.717) is 6.42 Å². The van der Waals surface area contributed by atoms with Crippen LogP contribution in [-0.2, 0) is 14.6 Å². The Bertz CT molecular complexity index is 560. The summed E-state index contributed by atoms with van der Waals surface area (Å²) in [6.45, 7) is 2.51. The third-order valence-electron chi connectivity index (χ3n) is 3.58. The maximum Gasteiger partial charge on any atom is 0.324 e. The van der Waals surface area contributed by atoms with E-state index in [0.717, 1.165) is 5.56 Å². The molecule has 0 saturated heterocycles. The zero-order chi connectivity index (χ0) is 13.6. The molecule has 1 aromatic carbocycles. The van der Waals surface area contributed by atoms with Gasteiger partial charge in [0.05, 0.1) is 5.25 Å². The molecule has 0 aliphatic heterocycles. The Balaban J connectivity index is 2.24. The van der Waals surface area contributed by atoms with Gasteiger partial charge in [-0.15, -0.1) is 0 Å². The first-order valence-electron chi connectivity index (χ1n) is 5.80. The molecule has 0 aromatic heterocycles. The molecule has 2 atom stereocenters. The molecule has 0 amide bonds. The van der Waals surface area contributed by atoms with Gasteiger partial charge in [-0.05, 0) is 25.8 Å². The zero-order valence-electron chi connectivity index (χ0n) is 10.3. The lowest BCUT2D eigenvalue weighted by atomic mass is 10.1. The summed E-state index contributed by atoms with van der Waals surface area (Å²) in [6.07, 6.45) is 0.517. The van der Waals surface area contributed by atoms with Crippen molar-refractivity contribution in [3.05, 3.63) is 35.9 Å². The number of carboxylic acids is 1. The number of hydrogen-bond acceptors (Lipinski definition) is 3. The molecule has 98 valence electrons. The Morgan fingerprint density at radius 3 is 2.33 bits per heavy atom. The highest BCUT2D eigenvalue weighted by Gasteiger charge is 2.56. The van der Waals surface area contributed by atoms with E-state index in [1.54, 1.807) is 0 Å². The summed E-state index contributed by atoms with van der Waals surface area (Å²) < 4.78 is 22.8. The van der Waals surface area contributed by atoms with E-state index in [4.69, 9.17) is 5.11 Å². The summed E-state index contributed by atoms with van der Waals surface area (Å²) in [6, 6.07) is 9.36. The molecule has 0 heterocycles. The molecule has 1 fully saturated rings. The van der Waals surface area contributed by atoms with Crippen molar-refractivity contribution in [2.24, 2.45) is 0 Å². The highest BCUT2D eigenvalue weighted by molar-refractivity contribution is 7.94. The molecule has 18 heavy (non-hydrogen) atoms. The molecular formula is C13H16O4S. The molecule has 1 saturated carbocycles. The van der Waals surface area contributed by atoms with Gasteiger partial charge in [-0.3, -0.25) is 4.79 Å². The summed E-state index contributed by atoms with van der Waals surface area (Å²) in [5.74, 6) is -1.35. The normalized spacial score (nSPS) is 23.7. The van der Waals surface area contributed by atoms with Gasteiger partial charge in [-0.1, -0.05) is 30.3 Å². The highest BCUT2D eigenvalue weighted by Crippen LogP contribution is 2.49. The topological polar surface area (TPSA) is 71.4 Å². The lowest BCUT2D eigenvalue weighted by Crippen LogP contribution is -2.42. The quantitative estimate of drug-likeness (QED) is 0.904. The van der Waals surface area contributed by atoms with Crippen LogP contribution in [0.15, 0.2) is 30.3 Å². The maximum absolute atomic E-state index is 12.3. The van der Waals surface area contributed by atoms with Gasteiger partial charge in [0.2, 0.25) is 0 Å². The number of benzene rings is 1. The van der Waals surface area contributed by atoms with E-state index in [9.17, 15) is 13.2 Å². The summed E-state index contributed by atoms with van der Waals surface area (Å²) >= 11 is 0. The Kier molecular flexibility index (Phi) is 2.97. The highest BCUT2D eigenvalue weighted by atomic mass is 32.2. The Labute approximate surface area is 107 Å².